The van der Waals surface area contributed by atoms with Crippen LogP contribution in [-0.4, -0.2) is 21.2 Å². The number of amides is 1. The molecule has 1 amide bonds. The van der Waals surface area contributed by atoms with Crippen molar-refractivity contribution in [2.75, 3.05) is 5.75 Å². The average Bonchev–Trinajstić information content (AvgIpc) is 3.12. The van der Waals surface area contributed by atoms with Crippen LogP contribution in [-0.2, 0) is 24.3 Å². The molecule has 146 valence electrons. The van der Waals surface area contributed by atoms with Gasteiger partial charge in [0.25, 0.3) is 5.56 Å². The number of thiophene rings is 1. The Labute approximate surface area is 170 Å². The van der Waals surface area contributed by atoms with E-state index < -0.39 is 0 Å². The number of allylic oxidation sites excluding steroid dienone is 1. The van der Waals surface area contributed by atoms with Gasteiger partial charge in [0.05, 0.1) is 11.1 Å². The van der Waals surface area contributed by atoms with E-state index in [-0.39, 0.29) is 23.0 Å². The summed E-state index contributed by atoms with van der Waals surface area (Å²) in [5.41, 5.74) is 0.698. The summed E-state index contributed by atoms with van der Waals surface area (Å²) in [6.07, 6.45) is 2.48. The van der Waals surface area contributed by atoms with Gasteiger partial charge in [-0.25, -0.2) is 9.37 Å². The van der Waals surface area contributed by atoms with Crippen molar-refractivity contribution in [2.45, 2.75) is 31.6 Å². The molecule has 0 spiro atoms. The molecule has 2 heterocycles. The molecule has 1 N–H and O–H groups in total. The molecule has 8 heteroatoms. The van der Waals surface area contributed by atoms with Crippen molar-refractivity contribution in [3.8, 4) is 0 Å². The summed E-state index contributed by atoms with van der Waals surface area (Å²) in [7, 11) is 0. The van der Waals surface area contributed by atoms with Crippen LogP contribution in [0.4, 0.5) is 4.39 Å². The number of benzene rings is 1. The van der Waals surface area contributed by atoms with Crippen molar-refractivity contribution in [3.63, 3.8) is 0 Å². The maximum atomic E-state index is 12.9. The van der Waals surface area contributed by atoms with Crippen LogP contribution in [0.15, 0.2) is 52.9 Å². The Balaban J connectivity index is 1.72. The van der Waals surface area contributed by atoms with Gasteiger partial charge in [0.15, 0.2) is 5.16 Å². The van der Waals surface area contributed by atoms with Crippen LogP contribution >= 0.6 is 23.1 Å². The predicted octanol–water partition coefficient (Wildman–Crippen LogP) is 3.75. The minimum Gasteiger partial charge on any atom is -0.351 e. The van der Waals surface area contributed by atoms with Gasteiger partial charge in [0, 0.05) is 18.0 Å². The zero-order valence-electron chi connectivity index (χ0n) is 15.4. The number of halogens is 1. The fraction of sp³-hybridized carbons (Fsp3) is 0.250. The summed E-state index contributed by atoms with van der Waals surface area (Å²) in [6, 6.07) is 7.85. The smallest absolute Gasteiger partial charge is 0.263 e. The maximum Gasteiger partial charge on any atom is 0.263 e. The number of rotatable bonds is 8. The second-order valence-corrected chi connectivity index (χ2v) is 8.13. The summed E-state index contributed by atoms with van der Waals surface area (Å²) in [5, 5.41) is 3.89. The van der Waals surface area contributed by atoms with Gasteiger partial charge >= 0.3 is 0 Å². The Morgan fingerprint density at radius 1 is 1.39 bits per heavy atom. The first kappa shape index (κ1) is 20.3. The molecule has 5 nitrogen and oxygen atoms in total. The van der Waals surface area contributed by atoms with Crippen LogP contribution in [0.1, 0.15) is 17.4 Å². The molecule has 0 fully saturated rings. The van der Waals surface area contributed by atoms with Gasteiger partial charge in [0.2, 0.25) is 5.91 Å². The molecule has 0 aliphatic carbocycles. The molecule has 0 atom stereocenters. The van der Waals surface area contributed by atoms with Gasteiger partial charge < -0.3 is 5.32 Å². The van der Waals surface area contributed by atoms with Crippen molar-refractivity contribution < 1.29 is 9.18 Å². The number of hydrogen-bond donors (Lipinski definition) is 1. The highest BCUT2D eigenvalue weighted by Gasteiger charge is 2.15. The monoisotopic (exact) mass is 417 g/mol. The summed E-state index contributed by atoms with van der Waals surface area (Å²) in [5.74, 6) is -0.371. The number of hydrogen-bond acceptors (Lipinski definition) is 5. The summed E-state index contributed by atoms with van der Waals surface area (Å²) < 4.78 is 14.5. The minimum absolute atomic E-state index is 0.116. The third-order valence-corrected chi connectivity index (χ3v) is 6.21. The van der Waals surface area contributed by atoms with Crippen molar-refractivity contribution >= 4 is 39.2 Å². The average molecular weight is 418 g/mol. The lowest BCUT2D eigenvalue weighted by atomic mass is 10.2. The van der Waals surface area contributed by atoms with E-state index in [1.807, 2.05) is 13.0 Å². The van der Waals surface area contributed by atoms with Gasteiger partial charge in [-0.15, -0.1) is 17.9 Å². The van der Waals surface area contributed by atoms with E-state index in [2.05, 4.69) is 16.9 Å². The molecule has 0 bridgehead atoms. The van der Waals surface area contributed by atoms with Crippen LogP contribution in [0.25, 0.3) is 10.2 Å². The maximum absolute atomic E-state index is 12.9. The summed E-state index contributed by atoms with van der Waals surface area (Å²) >= 11 is 2.72. The van der Waals surface area contributed by atoms with Crippen molar-refractivity contribution in [1.82, 2.24) is 14.9 Å². The zero-order chi connectivity index (χ0) is 20.1. The van der Waals surface area contributed by atoms with Gasteiger partial charge in [-0.1, -0.05) is 36.9 Å². The lowest BCUT2D eigenvalue weighted by Crippen LogP contribution is -2.26. The molecular weight excluding hydrogens is 397 g/mol. The van der Waals surface area contributed by atoms with Gasteiger partial charge in [0.1, 0.15) is 10.6 Å². The van der Waals surface area contributed by atoms with E-state index >= 15 is 0 Å². The predicted molar refractivity (Wildman–Crippen MR) is 112 cm³/mol. The highest BCUT2D eigenvalue weighted by atomic mass is 32.2. The number of carbonyl (C=O) groups excluding carboxylic acids is 1. The van der Waals surface area contributed by atoms with Crippen LogP contribution < -0.4 is 10.9 Å². The van der Waals surface area contributed by atoms with E-state index in [0.717, 1.165) is 16.9 Å². The third kappa shape index (κ3) is 4.69. The number of aryl methyl sites for hydroxylation is 1. The highest BCUT2D eigenvalue weighted by Crippen LogP contribution is 2.25. The topological polar surface area (TPSA) is 64.0 Å². The van der Waals surface area contributed by atoms with Crippen molar-refractivity contribution in [3.05, 3.63) is 69.6 Å². The fourth-order valence-electron chi connectivity index (χ4n) is 2.61. The van der Waals surface area contributed by atoms with Gasteiger partial charge in [-0.05, 0) is 30.2 Å². The summed E-state index contributed by atoms with van der Waals surface area (Å²) in [6.45, 7) is 6.39. The van der Waals surface area contributed by atoms with Crippen LogP contribution in [0.5, 0.6) is 0 Å². The minimum atomic E-state index is -0.313. The normalized spacial score (nSPS) is 10.9. The lowest BCUT2D eigenvalue weighted by molar-refractivity contribution is -0.118. The first-order valence-corrected chi connectivity index (χ1v) is 10.6. The number of nitrogens with zero attached hydrogens (tertiary/aromatic N) is 2. The molecule has 28 heavy (non-hydrogen) atoms. The molecular formula is C20H20FN3O2S2. The molecule has 0 saturated heterocycles. The molecule has 0 saturated carbocycles. The first-order chi connectivity index (χ1) is 13.5. The standard InChI is InChI=1S/C20H20FN3O2S2/c1-3-9-24-19(26)16-10-15(4-2)28-18(16)23-20(24)27-12-17(25)22-11-13-5-7-14(21)8-6-13/h3,5-8,10H,1,4,9,11-12H2,2H3,(H,22,25). The van der Waals surface area contributed by atoms with Gasteiger partial charge in [-0.3, -0.25) is 14.2 Å². The van der Waals surface area contributed by atoms with E-state index in [1.165, 1.54) is 35.2 Å². The van der Waals surface area contributed by atoms with Crippen molar-refractivity contribution in [1.29, 1.82) is 0 Å². The highest BCUT2D eigenvalue weighted by molar-refractivity contribution is 7.99. The number of nitrogens with one attached hydrogen (secondary N) is 1. The summed E-state index contributed by atoms with van der Waals surface area (Å²) in [4.78, 5) is 31.4. The van der Waals surface area contributed by atoms with E-state index in [0.29, 0.717) is 28.5 Å². The second kappa shape index (κ2) is 9.16. The largest absolute Gasteiger partial charge is 0.351 e. The van der Waals surface area contributed by atoms with Crippen molar-refractivity contribution in [2.24, 2.45) is 0 Å². The Kier molecular flexibility index (Phi) is 6.64. The molecule has 2 aromatic heterocycles. The molecule has 0 unspecified atom stereocenters. The van der Waals surface area contributed by atoms with Crippen LogP contribution in [0.2, 0.25) is 0 Å². The molecule has 0 aliphatic heterocycles. The van der Waals surface area contributed by atoms with Crippen LogP contribution in [0, 0.1) is 5.82 Å². The van der Waals surface area contributed by atoms with E-state index in [9.17, 15) is 14.0 Å². The SMILES string of the molecule is C=CCn1c(SCC(=O)NCc2ccc(F)cc2)nc2sc(CC)cc2c1=O. The number of thioether (sulfide) groups is 1. The number of carbonyl (C=O) groups is 1. The molecule has 0 aliphatic rings. The fourth-order valence-corrected chi connectivity index (χ4v) is 4.45. The Bertz CT molecular complexity index is 1060. The quantitative estimate of drug-likeness (QED) is 0.344. The van der Waals surface area contributed by atoms with Crippen LogP contribution in [0.3, 0.4) is 0 Å². The third-order valence-electron chi connectivity index (χ3n) is 4.06. The Morgan fingerprint density at radius 3 is 2.82 bits per heavy atom. The molecule has 1 aromatic carbocycles. The number of fused-ring (bicyclic) bond motifs is 1. The molecule has 0 radical (unpaired) electrons. The zero-order valence-corrected chi connectivity index (χ0v) is 17.0. The molecule has 3 aromatic rings. The van der Waals surface area contributed by atoms with E-state index in [4.69, 9.17) is 0 Å². The second-order valence-electron chi connectivity index (χ2n) is 6.08. The Morgan fingerprint density at radius 2 is 2.14 bits per heavy atom. The van der Waals surface area contributed by atoms with Gasteiger partial charge in [-0.2, -0.15) is 0 Å². The molecule has 3 rings (SSSR count). The van der Waals surface area contributed by atoms with E-state index in [1.54, 1.807) is 22.8 Å². The Hall–Kier alpha value is -2.45. The lowest BCUT2D eigenvalue weighted by Gasteiger charge is -2.10. The number of aromatic nitrogens is 2. The first-order valence-electron chi connectivity index (χ1n) is 8.80.